The molecule has 0 spiro atoms. The maximum Gasteiger partial charge on any atom is 0.333 e. The fraction of sp³-hybridized carbons (Fsp3) is 0.300. The Kier molecular flexibility index (Phi) is 6.28. The van der Waals surface area contributed by atoms with Crippen LogP contribution in [0.2, 0.25) is 0 Å². The zero-order valence-electron chi connectivity index (χ0n) is 15.7. The molecule has 0 bridgehead atoms. The van der Waals surface area contributed by atoms with Crippen molar-refractivity contribution in [3.05, 3.63) is 74.3 Å². The summed E-state index contributed by atoms with van der Waals surface area (Å²) < 4.78 is 5.14. The highest BCUT2D eigenvalue weighted by Gasteiger charge is 2.28. The number of nitrogens with zero attached hydrogens (tertiary/aromatic N) is 1. The van der Waals surface area contributed by atoms with E-state index in [-0.39, 0.29) is 17.9 Å². The molecule has 27 heavy (non-hydrogen) atoms. The molecule has 0 aliphatic rings. The number of rotatable bonds is 6. The highest BCUT2D eigenvalue weighted by atomic mass is 16.6. The van der Waals surface area contributed by atoms with Gasteiger partial charge in [-0.3, -0.25) is 14.9 Å². The van der Waals surface area contributed by atoms with Gasteiger partial charge < -0.3 is 10.1 Å². The number of nitro benzene ring substituents is 1. The van der Waals surface area contributed by atoms with Gasteiger partial charge >= 0.3 is 5.97 Å². The van der Waals surface area contributed by atoms with E-state index < -0.39 is 22.8 Å². The molecule has 2 rings (SSSR count). The van der Waals surface area contributed by atoms with Crippen LogP contribution >= 0.6 is 0 Å². The van der Waals surface area contributed by atoms with Crippen LogP contribution in [0.5, 0.6) is 0 Å². The minimum atomic E-state index is -0.965. The van der Waals surface area contributed by atoms with Crippen molar-refractivity contribution in [2.24, 2.45) is 0 Å². The summed E-state index contributed by atoms with van der Waals surface area (Å²) in [6, 6.07) is 8.11. The largest absolute Gasteiger partial charge is 0.464 e. The average molecular weight is 370 g/mol. The molecule has 2 aromatic carbocycles. The van der Waals surface area contributed by atoms with E-state index in [1.165, 1.54) is 24.3 Å². The number of benzene rings is 2. The quantitative estimate of drug-likeness (QED) is 0.476. The van der Waals surface area contributed by atoms with Gasteiger partial charge in [-0.1, -0.05) is 17.7 Å². The summed E-state index contributed by atoms with van der Waals surface area (Å²) in [7, 11) is 0. The highest BCUT2D eigenvalue weighted by Crippen LogP contribution is 2.25. The van der Waals surface area contributed by atoms with E-state index in [2.05, 4.69) is 5.32 Å². The normalized spacial score (nSPS) is 11.6. The molecular formula is C20H22N2O5. The lowest BCUT2D eigenvalue weighted by Crippen LogP contribution is -2.36. The third-order valence-electron chi connectivity index (χ3n) is 4.16. The summed E-state index contributed by atoms with van der Waals surface area (Å²) in [5.41, 5.74) is 3.59. The van der Waals surface area contributed by atoms with E-state index in [0.29, 0.717) is 5.56 Å². The first-order valence-corrected chi connectivity index (χ1v) is 8.54. The number of carbonyl (C=O) groups is 2. The number of esters is 1. The first-order valence-electron chi connectivity index (χ1n) is 8.54. The van der Waals surface area contributed by atoms with Gasteiger partial charge in [0.2, 0.25) is 0 Å². The summed E-state index contributed by atoms with van der Waals surface area (Å²) >= 11 is 0. The van der Waals surface area contributed by atoms with Crippen LogP contribution in [0.25, 0.3) is 0 Å². The van der Waals surface area contributed by atoms with Gasteiger partial charge in [0.05, 0.1) is 11.5 Å². The zero-order chi connectivity index (χ0) is 20.1. The lowest BCUT2D eigenvalue weighted by atomic mass is 9.93. The molecule has 0 heterocycles. The lowest BCUT2D eigenvalue weighted by molar-refractivity contribution is -0.384. The van der Waals surface area contributed by atoms with Crippen molar-refractivity contribution in [1.29, 1.82) is 0 Å². The third-order valence-corrected chi connectivity index (χ3v) is 4.16. The molecule has 0 fully saturated rings. The fourth-order valence-corrected chi connectivity index (χ4v) is 3.07. The van der Waals surface area contributed by atoms with Crippen molar-refractivity contribution >= 4 is 17.6 Å². The van der Waals surface area contributed by atoms with Crippen molar-refractivity contribution < 1.29 is 19.2 Å². The van der Waals surface area contributed by atoms with Crippen LogP contribution in [0, 0.1) is 30.9 Å². The Balaban J connectivity index is 2.37. The van der Waals surface area contributed by atoms with E-state index in [4.69, 9.17) is 4.74 Å². The number of hydrogen-bond donors (Lipinski definition) is 1. The van der Waals surface area contributed by atoms with Crippen molar-refractivity contribution in [1.82, 2.24) is 5.32 Å². The Morgan fingerprint density at radius 1 is 1.11 bits per heavy atom. The highest BCUT2D eigenvalue weighted by molar-refractivity contribution is 5.97. The molecule has 0 saturated heterocycles. The Morgan fingerprint density at radius 2 is 1.67 bits per heavy atom. The van der Waals surface area contributed by atoms with E-state index in [1.54, 1.807) is 6.92 Å². The van der Waals surface area contributed by atoms with Gasteiger partial charge in [0, 0.05) is 17.7 Å². The first kappa shape index (κ1) is 20.1. The third kappa shape index (κ3) is 4.69. The van der Waals surface area contributed by atoms with E-state index in [0.717, 1.165) is 16.7 Å². The number of nitrogens with one attached hydrogen (secondary N) is 1. The van der Waals surface area contributed by atoms with Gasteiger partial charge in [-0.05, 0) is 56.5 Å². The Morgan fingerprint density at radius 3 is 2.15 bits per heavy atom. The maximum absolute atomic E-state index is 12.6. The zero-order valence-corrected chi connectivity index (χ0v) is 15.7. The van der Waals surface area contributed by atoms with Gasteiger partial charge in [0.1, 0.15) is 0 Å². The first-order chi connectivity index (χ1) is 12.7. The van der Waals surface area contributed by atoms with Crippen molar-refractivity contribution in [2.75, 3.05) is 6.61 Å². The maximum atomic E-state index is 12.6. The van der Waals surface area contributed by atoms with Crippen LogP contribution in [0.15, 0.2) is 36.4 Å². The molecule has 7 heteroatoms. The summed E-state index contributed by atoms with van der Waals surface area (Å²) in [6.45, 7) is 7.59. The number of aryl methyl sites for hydroxylation is 3. The fourth-order valence-electron chi connectivity index (χ4n) is 3.07. The Hall–Kier alpha value is -3.22. The predicted molar refractivity (Wildman–Crippen MR) is 101 cm³/mol. The van der Waals surface area contributed by atoms with Gasteiger partial charge in [0.25, 0.3) is 11.6 Å². The Labute approximate surface area is 157 Å². The second kappa shape index (κ2) is 8.44. The summed E-state index contributed by atoms with van der Waals surface area (Å²) in [4.78, 5) is 35.3. The van der Waals surface area contributed by atoms with Crippen LogP contribution in [0.1, 0.15) is 45.6 Å². The van der Waals surface area contributed by atoms with Crippen LogP contribution in [-0.2, 0) is 9.53 Å². The van der Waals surface area contributed by atoms with Gasteiger partial charge in [0.15, 0.2) is 6.04 Å². The molecule has 1 atom stereocenters. The Bertz CT molecular complexity index is 851. The number of nitro groups is 1. The minimum absolute atomic E-state index is 0.112. The summed E-state index contributed by atoms with van der Waals surface area (Å²) in [6.07, 6.45) is 0. The molecule has 7 nitrogen and oxygen atoms in total. The van der Waals surface area contributed by atoms with Crippen LogP contribution in [-0.4, -0.2) is 23.4 Å². The van der Waals surface area contributed by atoms with Gasteiger partial charge in [-0.2, -0.15) is 0 Å². The van der Waals surface area contributed by atoms with Crippen LogP contribution in [0.4, 0.5) is 5.69 Å². The second-order valence-electron chi connectivity index (χ2n) is 6.27. The van der Waals surface area contributed by atoms with Crippen molar-refractivity contribution in [3.63, 3.8) is 0 Å². The molecular weight excluding hydrogens is 348 g/mol. The molecule has 1 N–H and O–H groups in total. The smallest absolute Gasteiger partial charge is 0.333 e. The minimum Gasteiger partial charge on any atom is -0.464 e. The van der Waals surface area contributed by atoms with E-state index in [9.17, 15) is 19.7 Å². The van der Waals surface area contributed by atoms with Crippen LogP contribution in [0.3, 0.4) is 0 Å². The number of amides is 1. The van der Waals surface area contributed by atoms with E-state index >= 15 is 0 Å². The van der Waals surface area contributed by atoms with Crippen LogP contribution < -0.4 is 5.32 Å². The summed E-state index contributed by atoms with van der Waals surface area (Å²) in [5, 5.41) is 13.5. The van der Waals surface area contributed by atoms with Crippen molar-refractivity contribution in [3.8, 4) is 0 Å². The molecule has 2 aromatic rings. The topological polar surface area (TPSA) is 98.5 Å². The van der Waals surface area contributed by atoms with Crippen molar-refractivity contribution in [2.45, 2.75) is 33.7 Å². The molecule has 0 radical (unpaired) electrons. The molecule has 0 aliphatic carbocycles. The van der Waals surface area contributed by atoms with E-state index in [1.807, 2.05) is 32.9 Å². The lowest BCUT2D eigenvalue weighted by Gasteiger charge is -2.22. The monoisotopic (exact) mass is 370 g/mol. The molecule has 0 aromatic heterocycles. The predicted octanol–water partition coefficient (Wildman–Crippen LogP) is 3.55. The number of hydrogen-bond acceptors (Lipinski definition) is 5. The number of ether oxygens (including phenoxy) is 1. The SMILES string of the molecule is CCOC(=O)C(NC(=O)c1ccc([N+](=O)[O-])cc1)c1c(C)cc(C)cc1C. The number of non-ortho nitro benzene ring substituents is 1. The summed E-state index contributed by atoms with van der Waals surface area (Å²) in [5.74, 6) is -1.06. The average Bonchev–Trinajstić information content (AvgIpc) is 2.60. The molecule has 0 saturated carbocycles. The molecule has 142 valence electrons. The van der Waals surface area contributed by atoms with Gasteiger partial charge in [-0.15, -0.1) is 0 Å². The molecule has 1 amide bonds. The molecule has 0 aliphatic heterocycles. The van der Waals surface area contributed by atoms with Gasteiger partial charge in [-0.25, -0.2) is 4.79 Å². The molecule has 1 unspecified atom stereocenters. The number of carbonyl (C=O) groups excluding carboxylic acids is 2. The second-order valence-corrected chi connectivity index (χ2v) is 6.27. The standard InChI is InChI=1S/C20H22N2O5/c1-5-27-20(24)18(17-13(3)10-12(2)11-14(17)4)21-19(23)15-6-8-16(9-7-15)22(25)26/h6-11,18H,5H2,1-4H3,(H,21,23).